The first-order chi connectivity index (χ1) is 10.9. The van der Waals surface area contributed by atoms with Crippen LogP contribution in [0.5, 0.6) is 0 Å². The molecule has 0 saturated carbocycles. The highest BCUT2D eigenvalue weighted by atomic mass is 32.2. The minimum atomic E-state index is 0.680. The first-order valence-corrected chi connectivity index (χ1v) is 7.85. The fourth-order valence-electron chi connectivity index (χ4n) is 2.73. The molecule has 0 bridgehead atoms. The Bertz CT molecular complexity index is 850. The van der Waals surface area contributed by atoms with E-state index in [0.717, 1.165) is 17.1 Å². The lowest BCUT2D eigenvalue weighted by atomic mass is 10.1. The van der Waals surface area contributed by atoms with E-state index in [1.54, 1.807) is 11.8 Å². The molecule has 0 aliphatic carbocycles. The van der Waals surface area contributed by atoms with E-state index in [1.165, 1.54) is 9.79 Å². The van der Waals surface area contributed by atoms with Gasteiger partial charge in [-0.3, -0.25) is 0 Å². The Balaban J connectivity index is 2.01. The van der Waals surface area contributed by atoms with Crippen LogP contribution in [0.4, 0.5) is 17.1 Å². The third-order valence-corrected chi connectivity index (χ3v) is 4.83. The highest BCUT2D eigenvalue weighted by molar-refractivity contribution is 7.99. The quantitative estimate of drug-likeness (QED) is 0.465. The molecule has 3 aromatic carbocycles. The van der Waals surface area contributed by atoms with Gasteiger partial charge in [0.15, 0.2) is 0 Å². The smallest absolute Gasteiger partial charge is 0.101 e. The van der Waals surface area contributed by atoms with Crippen LogP contribution in [0.1, 0.15) is 5.56 Å². The molecule has 0 amide bonds. The van der Waals surface area contributed by atoms with Gasteiger partial charge in [-0.05, 0) is 36.4 Å². The van der Waals surface area contributed by atoms with Crippen LogP contribution in [0.2, 0.25) is 0 Å². The predicted molar refractivity (Wildman–Crippen MR) is 90.0 cm³/mol. The van der Waals surface area contributed by atoms with Crippen molar-refractivity contribution in [2.45, 2.75) is 9.79 Å². The number of nitriles is 1. The maximum Gasteiger partial charge on any atom is 0.101 e. The zero-order valence-electron chi connectivity index (χ0n) is 11.7. The molecule has 0 N–H and O–H groups in total. The molecule has 0 fully saturated rings. The number of anilines is 3. The molecular weight excluding hydrogens is 288 g/mol. The number of hydrogen-bond acceptors (Lipinski definition) is 3. The first kappa shape index (κ1) is 13.0. The van der Waals surface area contributed by atoms with Crippen molar-refractivity contribution in [1.82, 2.24) is 0 Å². The first-order valence-electron chi connectivity index (χ1n) is 7.03. The fraction of sp³-hybridized carbons (Fsp3) is 0. The average molecular weight is 300 g/mol. The standard InChI is InChI=1S/C19H12N2S/c20-13-14-7-1-2-8-15(14)21-16-9-3-5-11-18(16)22-19-12-6-4-10-17(19)21/h1-12H. The lowest BCUT2D eigenvalue weighted by molar-refractivity contribution is 1.16. The Morgan fingerprint density at radius 2 is 1.18 bits per heavy atom. The molecule has 22 heavy (non-hydrogen) atoms. The molecule has 0 saturated heterocycles. The number of fused-ring (bicyclic) bond motifs is 2. The minimum Gasteiger partial charge on any atom is -0.307 e. The van der Waals surface area contributed by atoms with Crippen molar-refractivity contribution in [3.8, 4) is 6.07 Å². The summed E-state index contributed by atoms with van der Waals surface area (Å²) < 4.78 is 0. The maximum absolute atomic E-state index is 9.46. The highest BCUT2D eigenvalue weighted by Gasteiger charge is 2.25. The summed E-state index contributed by atoms with van der Waals surface area (Å²) in [5, 5.41) is 9.46. The molecule has 0 spiro atoms. The number of nitrogens with zero attached hydrogens (tertiary/aromatic N) is 2. The van der Waals surface area contributed by atoms with Crippen LogP contribution in [0.15, 0.2) is 82.6 Å². The third kappa shape index (κ3) is 1.97. The van der Waals surface area contributed by atoms with E-state index >= 15 is 0 Å². The Kier molecular flexibility index (Phi) is 3.10. The fourth-order valence-corrected chi connectivity index (χ4v) is 3.79. The summed E-state index contributed by atoms with van der Waals surface area (Å²) in [6.45, 7) is 0. The van der Waals surface area contributed by atoms with Gasteiger partial charge in [0.2, 0.25) is 0 Å². The monoisotopic (exact) mass is 300 g/mol. The van der Waals surface area contributed by atoms with E-state index in [0.29, 0.717) is 5.56 Å². The summed E-state index contributed by atoms with van der Waals surface area (Å²) in [5.41, 5.74) is 3.84. The summed E-state index contributed by atoms with van der Waals surface area (Å²) in [6.07, 6.45) is 0. The molecule has 3 heteroatoms. The van der Waals surface area contributed by atoms with Crippen LogP contribution >= 0.6 is 11.8 Å². The molecule has 4 rings (SSSR count). The van der Waals surface area contributed by atoms with Crippen molar-refractivity contribution < 1.29 is 0 Å². The Hall–Kier alpha value is -2.70. The number of rotatable bonds is 1. The predicted octanol–water partition coefficient (Wildman–Crippen LogP) is 5.49. The van der Waals surface area contributed by atoms with E-state index in [4.69, 9.17) is 0 Å². The van der Waals surface area contributed by atoms with Crippen molar-refractivity contribution in [3.05, 3.63) is 78.4 Å². The average Bonchev–Trinajstić information content (AvgIpc) is 2.59. The van der Waals surface area contributed by atoms with Crippen molar-refractivity contribution in [2.24, 2.45) is 0 Å². The van der Waals surface area contributed by atoms with Crippen LogP contribution in [-0.4, -0.2) is 0 Å². The largest absolute Gasteiger partial charge is 0.307 e. The molecular formula is C19H12N2S. The SMILES string of the molecule is N#Cc1ccccc1N1c2ccccc2Sc2ccccc21. The van der Waals surface area contributed by atoms with Crippen LogP contribution in [0.25, 0.3) is 0 Å². The number of para-hydroxylation sites is 3. The van der Waals surface area contributed by atoms with Gasteiger partial charge in [-0.2, -0.15) is 5.26 Å². The lowest BCUT2D eigenvalue weighted by Gasteiger charge is -2.33. The number of benzene rings is 3. The summed E-state index contributed by atoms with van der Waals surface area (Å²) >= 11 is 1.77. The van der Waals surface area contributed by atoms with Crippen LogP contribution in [0.3, 0.4) is 0 Å². The van der Waals surface area contributed by atoms with Gasteiger partial charge in [0.05, 0.1) is 22.6 Å². The second kappa shape index (κ2) is 5.25. The molecule has 1 aliphatic rings. The molecule has 2 nitrogen and oxygen atoms in total. The summed E-state index contributed by atoms with van der Waals surface area (Å²) in [4.78, 5) is 4.59. The van der Waals surface area contributed by atoms with Gasteiger partial charge in [-0.25, -0.2) is 0 Å². The van der Waals surface area contributed by atoms with Gasteiger partial charge >= 0.3 is 0 Å². The summed E-state index contributed by atoms with van der Waals surface area (Å²) in [7, 11) is 0. The van der Waals surface area contributed by atoms with E-state index in [2.05, 4.69) is 35.2 Å². The van der Waals surface area contributed by atoms with E-state index in [1.807, 2.05) is 48.5 Å². The molecule has 3 aromatic rings. The zero-order chi connectivity index (χ0) is 14.9. The van der Waals surface area contributed by atoms with Crippen LogP contribution in [0, 0.1) is 11.3 Å². The highest BCUT2D eigenvalue weighted by Crippen LogP contribution is 2.51. The second-order valence-electron chi connectivity index (χ2n) is 5.00. The Morgan fingerprint density at radius 3 is 1.77 bits per heavy atom. The van der Waals surface area contributed by atoms with E-state index in [-0.39, 0.29) is 0 Å². The normalized spacial score (nSPS) is 12.2. The van der Waals surface area contributed by atoms with E-state index < -0.39 is 0 Å². The van der Waals surface area contributed by atoms with Crippen molar-refractivity contribution >= 4 is 28.8 Å². The van der Waals surface area contributed by atoms with Crippen LogP contribution < -0.4 is 4.90 Å². The molecule has 0 unspecified atom stereocenters. The molecule has 0 aromatic heterocycles. The van der Waals surface area contributed by atoms with Gasteiger partial charge in [0.1, 0.15) is 6.07 Å². The number of hydrogen-bond donors (Lipinski definition) is 0. The molecule has 0 radical (unpaired) electrons. The maximum atomic E-state index is 9.46. The van der Waals surface area contributed by atoms with Crippen molar-refractivity contribution in [2.75, 3.05) is 4.90 Å². The van der Waals surface area contributed by atoms with Crippen molar-refractivity contribution in [3.63, 3.8) is 0 Å². The second-order valence-corrected chi connectivity index (χ2v) is 6.09. The lowest BCUT2D eigenvalue weighted by Crippen LogP contribution is -2.15. The van der Waals surface area contributed by atoms with Gasteiger partial charge in [0.25, 0.3) is 0 Å². The van der Waals surface area contributed by atoms with Gasteiger partial charge in [-0.1, -0.05) is 48.2 Å². The summed E-state index contributed by atoms with van der Waals surface area (Å²) in [6, 6.07) is 26.7. The topological polar surface area (TPSA) is 27.0 Å². The summed E-state index contributed by atoms with van der Waals surface area (Å²) in [5.74, 6) is 0. The minimum absolute atomic E-state index is 0.680. The zero-order valence-corrected chi connectivity index (χ0v) is 12.5. The van der Waals surface area contributed by atoms with Gasteiger partial charge in [-0.15, -0.1) is 0 Å². The van der Waals surface area contributed by atoms with Gasteiger partial charge in [0, 0.05) is 9.79 Å². The van der Waals surface area contributed by atoms with Crippen molar-refractivity contribution in [1.29, 1.82) is 5.26 Å². The van der Waals surface area contributed by atoms with E-state index in [9.17, 15) is 5.26 Å². The Labute approximate surface area is 133 Å². The molecule has 1 aliphatic heterocycles. The third-order valence-electron chi connectivity index (χ3n) is 3.70. The molecule has 1 heterocycles. The van der Waals surface area contributed by atoms with Gasteiger partial charge < -0.3 is 4.90 Å². The molecule has 104 valence electrons. The van der Waals surface area contributed by atoms with Crippen LogP contribution in [-0.2, 0) is 0 Å². The Morgan fingerprint density at radius 1 is 0.682 bits per heavy atom. The molecule has 0 atom stereocenters.